The monoisotopic (exact) mass is 300 g/mol. The molecule has 1 fully saturated rings. The van der Waals surface area contributed by atoms with Crippen LogP contribution in [0, 0.1) is 6.92 Å². The van der Waals surface area contributed by atoms with E-state index in [9.17, 15) is 4.79 Å². The predicted molar refractivity (Wildman–Crippen MR) is 82.5 cm³/mol. The van der Waals surface area contributed by atoms with Gasteiger partial charge >= 0.3 is 0 Å². The molecule has 1 amide bonds. The third-order valence-electron chi connectivity index (χ3n) is 4.04. The number of aromatic nitrogens is 4. The van der Waals surface area contributed by atoms with E-state index in [2.05, 4.69) is 20.6 Å². The van der Waals surface area contributed by atoms with Crippen molar-refractivity contribution in [1.29, 1.82) is 0 Å². The van der Waals surface area contributed by atoms with Crippen molar-refractivity contribution in [3.63, 3.8) is 0 Å². The Balaban J connectivity index is 1.56. The number of likely N-dealkylation sites (tertiary alicyclic amines) is 1. The second-order valence-electron chi connectivity index (χ2n) is 5.61. The Labute approximate surface area is 129 Å². The maximum absolute atomic E-state index is 12.4. The van der Waals surface area contributed by atoms with E-state index in [4.69, 9.17) is 0 Å². The summed E-state index contributed by atoms with van der Waals surface area (Å²) >= 11 is 0. The molecule has 3 rings (SSSR count). The smallest absolute Gasteiger partial charge is 0.274 e. The first-order valence-electron chi connectivity index (χ1n) is 7.47. The van der Waals surface area contributed by atoms with E-state index in [0.29, 0.717) is 11.7 Å². The number of hydrogen-bond donors (Lipinski definition) is 1. The van der Waals surface area contributed by atoms with E-state index in [1.807, 2.05) is 37.1 Å². The molecule has 2 aromatic heterocycles. The Morgan fingerprint density at radius 1 is 1.36 bits per heavy atom. The molecule has 0 unspecified atom stereocenters. The number of rotatable bonds is 3. The van der Waals surface area contributed by atoms with Crippen LogP contribution >= 0.6 is 0 Å². The Morgan fingerprint density at radius 2 is 2.14 bits per heavy atom. The molecule has 116 valence electrons. The molecule has 1 aliphatic rings. The topological polar surface area (TPSA) is 75.9 Å². The number of amides is 1. The highest BCUT2D eigenvalue weighted by molar-refractivity contribution is 5.92. The maximum atomic E-state index is 12.4. The summed E-state index contributed by atoms with van der Waals surface area (Å²) in [5.74, 6) is 0.800. The van der Waals surface area contributed by atoms with Crippen LogP contribution in [0.25, 0.3) is 0 Å². The van der Waals surface area contributed by atoms with Crippen molar-refractivity contribution in [3.8, 4) is 0 Å². The molecule has 1 aliphatic heterocycles. The van der Waals surface area contributed by atoms with Gasteiger partial charge < -0.3 is 10.2 Å². The van der Waals surface area contributed by atoms with Crippen LogP contribution in [-0.2, 0) is 7.05 Å². The first-order valence-corrected chi connectivity index (χ1v) is 7.47. The molecule has 22 heavy (non-hydrogen) atoms. The molecule has 7 nitrogen and oxygen atoms in total. The van der Waals surface area contributed by atoms with Gasteiger partial charge in [-0.05, 0) is 38.0 Å². The molecule has 0 bridgehead atoms. The molecule has 1 saturated heterocycles. The highest BCUT2D eigenvalue weighted by Gasteiger charge is 2.25. The van der Waals surface area contributed by atoms with Crippen LogP contribution in [0.5, 0.6) is 0 Å². The first kappa shape index (κ1) is 14.5. The molecule has 1 N–H and O–H groups in total. The van der Waals surface area contributed by atoms with Crippen LogP contribution < -0.4 is 5.32 Å². The number of anilines is 1. The Kier molecular flexibility index (Phi) is 4.04. The van der Waals surface area contributed by atoms with Crippen LogP contribution in [0.4, 0.5) is 5.82 Å². The predicted octanol–water partition coefficient (Wildman–Crippen LogP) is 1.24. The molecule has 2 aromatic rings. The molecule has 7 heteroatoms. The van der Waals surface area contributed by atoms with Gasteiger partial charge in [0.25, 0.3) is 5.91 Å². The van der Waals surface area contributed by atoms with Gasteiger partial charge in [-0.25, -0.2) is 0 Å². The van der Waals surface area contributed by atoms with Gasteiger partial charge in [-0.3, -0.25) is 9.48 Å². The fourth-order valence-electron chi connectivity index (χ4n) is 2.64. The summed E-state index contributed by atoms with van der Waals surface area (Å²) in [6.07, 6.45) is 3.45. The molecule has 0 spiro atoms. The average Bonchev–Trinajstić information content (AvgIpc) is 2.88. The van der Waals surface area contributed by atoms with Crippen LogP contribution in [-0.4, -0.2) is 49.9 Å². The summed E-state index contributed by atoms with van der Waals surface area (Å²) in [5.41, 5.74) is 1.52. The zero-order chi connectivity index (χ0) is 15.5. The number of carbonyl (C=O) groups excluding carboxylic acids is 1. The number of aryl methyl sites for hydroxylation is 2. The van der Waals surface area contributed by atoms with Gasteiger partial charge in [-0.2, -0.15) is 10.2 Å². The zero-order valence-electron chi connectivity index (χ0n) is 12.9. The third kappa shape index (κ3) is 3.08. The van der Waals surface area contributed by atoms with Gasteiger partial charge in [-0.15, -0.1) is 5.10 Å². The fourth-order valence-corrected chi connectivity index (χ4v) is 2.64. The van der Waals surface area contributed by atoms with Crippen molar-refractivity contribution in [2.45, 2.75) is 25.8 Å². The molecule has 0 aliphatic carbocycles. The minimum atomic E-state index is 0.0154. The van der Waals surface area contributed by atoms with Gasteiger partial charge in [0, 0.05) is 38.1 Å². The van der Waals surface area contributed by atoms with Crippen molar-refractivity contribution in [2.24, 2.45) is 7.05 Å². The lowest BCUT2D eigenvalue weighted by Gasteiger charge is -2.32. The van der Waals surface area contributed by atoms with Crippen LogP contribution in [0.2, 0.25) is 0 Å². The van der Waals surface area contributed by atoms with Crippen LogP contribution in [0.3, 0.4) is 0 Å². The van der Waals surface area contributed by atoms with Crippen molar-refractivity contribution in [3.05, 3.63) is 35.8 Å². The fraction of sp³-hybridized carbons (Fsp3) is 0.467. The van der Waals surface area contributed by atoms with Gasteiger partial charge in [0.05, 0.1) is 0 Å². The van der Waals surface area contributed by atoms with E-state index >= 15 is 0 Å². The summed E-state index contributed by atoms with van der Waals surface area (Å²) in [7, 11) is 1.85. The lowest BCUT2D eigenvalue weighted by molar-refractivity contribution is 0.0711. The molecule has 0 atom stereocenters. The number of nitrogens with zero attached hydrogens (tertiary/aromatic N) is 5. The molecule has 0 saturated carbocycles. The minimum absolute atomic E-state index is 0.0154. The van der Waals surface area contributed by atoms with Gasteiger partial charge in [0.15, 0.2) is 5.69 Å². The van der Waals surface area contributed by atoms with Crippen molar-refractivity contribution in [1.82, 2.24) is 24.9 Å². The normalized spacial score (nSPS) is 15.8. The van der Waals surface area contributed by atoms with Crippen molar-refractivity contribution in [2.75, 3.05) is 18.4 Å². The Morgan fingerprint density at radius 3 is 2.73 bits per heavy atom. The van der Waals surface area contributed by atoms with Gasteiger partial charge in [0.2, 0.25) is 0 Å². The van der Waals surface area contributed by atoms with Crippen LogP contribution in [0.1, 0.15) is 29.0 Å². The van der Waals surface area contributed by atoms with Crippen LogP contribution in [0.15, 0.2) is 24.4 Å². The molecular weight excluding hydrogens is 280 g/mol. The minimum Gasteiger partial charge on any atom is -0.366 e. The van der Waals surface area contributed by atoms with E-state index < -0.39 is 0 Å². The maximum Gasteiger partial charge on any atom is 0.274 e. The number of hydrogen-bond acceptors (Lipinski definition) is 5. The highest BCUT2D eigenvalue weighted by Crippen LogP contribution is 2.16. The summed E-state index contributed by atoms with van der Waals surface area (Å²) in [6, 6.07) is 5.93. The molecule has 0 radical (unpaired) electrons. The van der Waals surface area contributed by atoms with E-state index in [-0.39, 0.29) is 5.91 Å². The first-order chi connectivity index (χ1) is 10.6. The molecular formula is C15H20N6O. The quantitative estimate of drug-likeness (QED) is 0.923. The third-order valence-corrected chi connectivity index (χ3v) is 4.04. The summed E-state index contributed by atoms with van der Waals surface area (Å²) in [6.45, 7) is 3.40. The number of piperidine rings is 1. The summed E-state index contributed by atoms with van der Waals surface area (Å²) in [4.78, 5) is 14.3. The number of nitrogens with one attached hydrogen (secondary N) is 1. The van der Waals surface area contributed by atoms with Gasteiger partial charge in [-0.1, -0.05) is 0 Å². The van der Waals surface area contributed by atoms with Crippen molar-refractivity contribution >= 4 is 11.7 Å². The lowest BCUT2D eigenvalue weighted by Crippen LogP contribution is -2.42. The SMILES string of the molecule is Cc1cc(C(=O)N2CCC(Nc3cccnn3)CC2)nn1C. The number of carbonyl (C=O) groups is 1. The van der Waals surface area contributed by atoms with E-state index in [0.717, 1.165) is 37.4 Å². The van der Waals surface area contributed by atoms with E-state index in [1.54, 1.807) is 10.9 Å². The Bertz CT molecular complexity index is 626. The molecule has 0 aromatic carbocycles. The molecule has 3 heterocycles. The summed E-state index contributed by atoms with van der Waals surface area (Å²) in [5, 5.41) is 15.5. The second kappa shape index (κ2) is 6.13. The highest BCUT2D eigenvalue weighted by atomic mass is 16.2. The zero-order valence-corrected chi connectivity index (χ0v) is 12.9. The Hall–Kier alpha value is -2.44. The largest absolute Gasteiger partial charge is 0.366 e. The van der Waals surface area contributed by atoms with E-state index in [1.165, 1.54) is 0 Å². The summed E-state index contributed by atoms with van der Waals surface area (Å²) < 4.78 is 1.73. The van der Waals surface area contributed by atoms with Crippen molar-refractivity contribution < 1.29 is 4.79 Å². The average molecular weight is 300 g/mol. The second-order valence-corrected chi connectivity index (χ2v) is 5.61. The lowest BCUT2D eigenvalue weighted by atomic mass is 10.0. The standard InChI is InChI=1S/C15H20N6O/c1-11-10-13(19-20(11)2)15(22)21-8-5-12(6-9-21)17-14-4-3-7-16-18-14/h3-4,7,10,12H,5-6,8-9H2,1-2H3,(H,17,18). The van der Waals surface area contributed by atoms with Gasteiger partial charge in [0.1, 0.15) is 5.82 Å².